The van der Waals surface area contributed by atoms with Crippen molar-refractivity contribution in [3.8, 4) is 0 Å². The average molecular weight is 767 g/mol. The van der Waals surface area contributed by atoms with Crippen molar-refractivity contribution in [1.82, 2.24) is 0 Å². The normalized spacial score (nSPS) is 38.8. The summed E-state index contributed by atoms with van der Waals surface area (Å²) in [5, 5.41) is 8.18. The number of ether oxygens (including phenoxy) is 4. The summed E-state index contributed by atoms with van der Waals surface area (Å²) in [5.41, 5.74) is 1.45. The number of rotatable bonds is 10. The molecule has 18 atom stereocenters. The molecule has 8 fully saturated rings. The van der Waals surface area contributed by atoms with Crippen LogP contribution in [-0.4, -0.2) is 59.6 Å². The minimum atomic E-state index is -0.706. The number of benzene rings is 1. The molecule has 2 heterocycles. The number of epoxide rings is 2. The number of carboxylic acids is 1. The van der Waals surface area contributed by atoms with Crippen LogP contribution in [0.25, 0.3) is 0 Å². The predicted molar refractivity (Wildman–Crippen MR) is 215 cm³/mol. The van der Waals surface area contributed by atoms with Crippen molar-refractivity contribution < 1.29 is 38.4 Å². The van der Waals surface area contributed by atoms with Gasteiger partial charge in [0.25, 0.3) is 0 Å². The molecule has 0 aromatic heterocycles. The van der Waals surface area contributed by atoms with Crippen LogP contribution in [0.5, 0.6) is 0 Å². The fraction of sp³-hybridized carbons (Fsp3) is 0.809. The Bertz CT molecular complexity index is 1400. The van der Waals surface area contributed by atoms with Crippen molar-refractivity contribution in [3.05, 3.63) is 35.9 Å². The lowest BCUT2D eigenvalue weighted by molar-refractivity contribution is -0.159. The highest BCUT2D eigenvalue weighted by Crippen LogP contribution is 2.66. The molecule has 8 aliphatic rings. The molecule has 1 N–H and O–H groups in total. The van der Waals surface area contributed by atoms with E-state index in [1.807, 2.05) is 48.5 Å². The van der Waals surface area contributed by atoms with Gasteiger partial charge in [-0.05, 0) is 117 Å². The maximum Gasteiger partial charge on any atom is 0.308 e. The van der Waals surface area contributed by atoms with Gasteiger partial charge in [0.2, 0.25) is 0 Å². The molecule has 2 saturated heterocycles. The summed E-state index contributed by atoms with van der Waals surface area (Å²) in [6, 6.07) is 10.6. The lowest BCUT2D eigenvalue weighted by Crippen LogP contribution is -2.35. The van der Waals surface area contributed by atoms with Gasteiger partial charge in [0.05, 0.1) is 42.2 Å². The summed E-state index contributed by atoms with van der Waals surface area (Å²) in [7, 11) is 0. The number of hydrogen-bond acceptors (Lipinski definition) is 7. The van der Waals surface area contributed by atoms with Crippen LogP contribution in [0.3, 0.4) is 0 Å². The fourth-order valence-corrected chi connectivity index (χ4v) is 10.8. The van der Waals surface area contributed by atoms with E-state index in [-0.39, 0.29) is 41.9 Å². The lowest BCUT2D eigenvalue weighted by Gasteiger charge is -2.32. The van der Waals surface area contributed by atoms with Crippen LogP contribution < -0.4 is 0 Å². The molecule has 18 unspecified atom stereocenters. The van der Waals surface area contributed by atoms with E-state index in [0.717, 1.165) is 61.7 Å². The van der Waals surface area contributed by atoms with Crippen molar-refractivity contribution in [3.63, 3.8) is 0 Å². The first kappa shape index (κ1) is 43.7. The van der Waals surface area contributed by atoms with E-state index in [4.69, 9.17) is 24.1 Å². The number of hydrogen-bond donors (Lipinski definition) is 1. The summed E-state index contributed by atoms with van der Waals surface area (Å²) in [5.74, 6) is 5.98. The van der Waals surface area contributed by atoms with Crippen molar-refractivity contribution in [1.29, 1.82) is 0 Å². The van der Waals surface area contributed by atoms with Crippen LogP contribution in [0.15, 0.2) is 30.3 Å². The first-order chi connectivity index (χ1) is 26.4. The van der Waals surface area contributed by atoms with Gasteiger partial charge in [0.1, 0.15) is 12.2 Å². The largest absolute Gasteiger partial charge is 0.481 e. The topological polar surface area (TPSA) is 115 Å². The summed E-state index contributed by atoms with van der Waals surface area (Å²) < 4.78 is 22.9. The average Bonchev–Trinajstić information content (AvgIpc) is 3.65. The molecular weight excluding hydrogens is 693 g/mol. The van der Waals surface area contributed by atoms with Gasteiger partial charge < -0.3 is 24.1 Å². The molecule has 4 bridgehead atoms. The van der Waals surface area contributed by atoms with Gasteiger partial charge in [0, 0.05) is 5.92 Å². The quantitative estimate of drug-likeness (QED) is 0.185. The Labute approximate surface area is 332 Å². The van der Waals surface area contributed by atoms with E-state index in [9.17, 15) is 14.4 Å². The first-order valence-corrected chi connectivity index (χ1v) is 22.4. The Balaban J connectivity index is 0.000000148. The highest BCUT2D eigenvalue weighted by Gasteiger charge is 2.68. The number of esters is 2. The Morgan fingerprint density at radius 3 is 1.62 bits per heavy atom. The van der Waals surface area contributed by atoms with Crippen molar-refractivity contribution in [2.45, 2.75) is 176 Å². The van der Waals surface area contributed by atoms with Gasteiger partial charge in [0.15, 0.2) is 0 Å². The van der Waals surface area contributed by atoms with Gasteiger partial charge in [-0.15, -0.1) is 0 Å². The number of carboxylic acid groups (broad SMARTS) is 1. The van der Waals surface area contributed by atoms with Gasteiger partial charge in [-0.1, -0.05) is 99.6 Å². The molecule has 55 heavy (non-hydrogen) atoms. The third-order valence-corrected chi connectivity index (χ3v) is 14.9. The molecule has 0 spiro atoms. The Morgan fingerprint density at radius 1 is 0.618 bits per heavy atom. The first-order valence-electron chi connectivity index (χ1n) is 22.4. The van der Waals surface area contributed by atoms with Crippen LogP contribution >= 0.6 is 0 Å². The summed E-state index contributed by atoms with van der Waals surface area (Å²) in [4.78, 5) is 33.8. The van der Waals surface area contributed by atoms with Gasteiger partial charge >= 0.3 is 17.9 Å². The highest BCUT2D eigenvalue weighted by atomic mass is 16.6. The molecule has 310 valence electrons. The van der Waals surface area contributed by atoms with Crippen LogP contribution in [0.4, 0.5) is 0 Å². The van der Waals surface area contributed by atoms with E-state index in [2.05, 4.69) is 44.2 Å². The van der Waals surface area contributed by atoms with Gasteiger partial charge in [-0.2, -0.15) is 0 Å². The lowest BCUT2D eigenvalue weighted by atomic mass is 9.79. The summed E-state index contributed by atoms with van der Waals surface area (Å²) >= 11 is 0. The molecule has 0 amide bonds. The zero-order chi connectivity index (χ0) is 40.1. The summed E-state index contributed by atoms with van der Waals surface area (Å²) in [6.07, 6.45) is 13.6. The zero-order valence-corrected chi connectivity index (χ0v) is 35.7. The highest BCUT2D eigenvalue weighted by molar-refractivity contribution is 5.72. The standard InChI is InChI=1S/2C15H22O3.C10H14.C5H10O2.C2H6/c1-3-7(2)15(16)18-11-5-8-4-10(11)13-9(8)6-12-14(13)17-12;1-3-7(2)15(16)18-11-5-8-4-9(11)10-6-12-14(17-12)13(8)10;1-3-9(2)10-7-5-4-6-8-10;1-3-4(2)5(6)7;1-2/h2*7-14H,3-6H2,1-2H3;4-9H,3H2,1-2H3;4H,3H2,1-2H3,(H,6,7);1-2H3. The molecule has 9 rings (SSSR count). The van der Waals surface area contributed by atoms with Crippen LogP contribution in [0.2, 0.25) is 0 Å². The SMILES string of the molecule is CC.CCC(C)C(=O)O.CCC(C)C(=O)OC1CC2CC1C1C2CC2OC21.CCC(C)C(=O)OC1CC2CC1C1CC3OC3C21.CCC(C)c1ccccc1. The Hall–Kier alpha value is -2.45. The van der Waals surface area contributed by atoms with E-state index < -0.39 is 5.97 Å². The van der Waals surface area contributed by atoms with Crippen molar-refractivity contribution >= 4 is 17.9 Å². The maximum atomic E-state index is 11.9. The molecule has 2 aliphatic heterocycles. The van der Waals surface area contributed by atoms with E-state index in [1.165, 1.54) is 37.7 Å². The smallest absolute Gasteiger partial charge is 0.308 e. The van der Waals surface area contributed by atoms with Crippen LogP contribution in [0, 0.1) is 65.1 Å². The van der Waals surface area contributed by atoms with Crippen molar-refractivity contribution in [2.75, 3.05) is 0 Å². The molecule has 1 aromatic carbocycles. The number of aliphatic carboxylic acids is 1. The fourth-order valence-electron chi connectivity index (χ4n) is 10.8. The Kier molecular flexibility index (Phi) is 15.3. The molecule has 0 radical (unpaired) electrons. The number of fused-ring (bicyclic) bond motifs is 14. The zero-order valence-electron chi connectivity index (χ0n) is 35.7. The van der Waals surface area contributed by atoms with Gasteiger partial charge in [-0.3, -0.25) is 14.4 Å². The maximum absolute atomic E-state index is 11.9. The molecule has 6 aliphatic carbocycles. The molecule has 8 heteroatoms. The summed E-state index contributed by atoms with van der Waals surface area (Å²) in [6.45, 7) is 20.1. The minimum absolute atomic E-state index is 0.0119. The van der Waals surface area contributed by atoms with Gasteiger partial charge in [-0.25, -0.2) is 0 Å². The molecule has 1 aromatic rings. The van der Waals surface area contributed by atoms with E-state index in [0.29, 0.717) is 48.1 Å². The van der Waals surface area contributed by atoms with Crippen LogP contribution in [-0.2, 0) is 33.3 Å². The molecular formula is C47H74O8. The van der Waals surface area contributed by atoms with E-state index in [1.54, 1.807) is 6.92 Å². The second-order valence-corrected chi connectivity index (χ2v) is 18.0. The Morgan fingerprint density at radius 2 is 1.11 bits per heavy atom. The van der Waals surface area contributed by atoms with E-state index >= 15 is 0 Å². The molecule has 6 saturated carbocycles. The third-order valence-electron chi connectivity index (χ3n) is 14.9. The minimum Gasteiger partial charge on any atom is -0.481 e. The third kappa shape index (κ3) is 9.82. The monoisotopic (exact) mass is 767 g/mol. The predicted octanol–water partition coefficient (Wildman–Crippen LogP) is 10.1. The second kappa shape index (κ2) is 19.3. The molecule has 8 nitrogen and oxygen atoms in total. The van der Waals surface area contributed by atoms with Crippen molar-refractivity contribution in [2.24, 2.45) is 65.1 Å². The number of carbonyl (C=O) groups is 3. The number of carbonyl (C=O) groups excluding carboxylic acids is 2. The second-order valence-electron chi connectivity index (χ2n) is 18.0. The van der Waals surface area contributed by atoms with Crippen LogP contribution in [0.1, 0.15) is 145 Å².